The van der Waals surface area contributed by atoms with Crippen LogP contribution in [-0.2, 0) is 4.74 Å². The maximum Gasteiger partial charge on any atom is 0.404 e. The summed E-state index contributed by atoms with van der Waals surface area (Å²) in [7, 11) is 0. The average Bonchev–Trinajstić information content (AvgIpc) is 3.27. The highest BCUT2D eigenvalue weighted by atomic mass is 19.3. The van der Waals surface area contributed by atoms with Crippen LogP contribution >= 0.6 is 0 Å². The number of nitrogens with one attached hydrogen (secondary N) is 2. The number of hydrogen-bond donors (Lipinski definition) is 3. The minimum absolute atomic E-state index is 0.0211. The second kappa shape index (κ2) is 10.8. The van der Waals surface area contributed by atoms with Crippen LogP contribution in [0.5, 0.6) is 0 Å². The molecule has 10 nitrogen and oxygen atoms in total. The Morgan fingerprint density at radius 1 is 1.11 bits per heavy atom. The molecule has 0 bridgehead atoms. The van der Waals surface area contributed by atoms with Gasteiger partial charge < -0.3 is 25.4 Å². The van der Waals surface area contributed by atoms with Crippen LogP contribution in [0, 0.1) is 12.8 Å². The Balaban J connectivity index is 1.44. The van der Waals surface area contributed by atoms with Gasteiger partial charge in [0.05, 0.1) is 24.2 Å². The van der Waals surface area contributed by atoms with Gasteiger partial charge in [0, 0.05) is 31.7 Å². The van der Waals surface area contributed by atoms with Gasteiger partial charge in [0.25, 0.3) is 6.43 Å². The molecule has 0 spiro atoms. The van der Waals surface area contributed by atoms with E-state index < -0.39 is 12.5 Å². The van der Waals surface area contributed by atoms with Crippen LogP contribution in [0.2, 0.25) is 0 Å². The molecule has 0 unspecified atom stereocenters. The molecule has 0 atom stereocenters. The molecule has 12 heteroatoms. The molecule has 37 heavy (non-hydrogen) atoms. The summed E-state index contributed by atoms with van der Waals surface area (Å²) in [6.45, 7) is 4.91. The van der Waals surface area contributed by atoms with Gasteiger partial charge in [-0.2, -0.15) is 9.97 Å². The summed E-state index contributed by atoms with van der Waals surface area (Å²) in [6.07, 6.45) is -0.481. The molecule has 2 fully saturated rings. The molecule has 1 aliphatic carbocycles. The van der Waals surface area contributed by atoms with E-state index in [1.54, 1.807) is 18.2 Å². The molecular weight excluding hydrogens is 484 g/mol. The fourth-order valence-corrected chi connectivity index (χ4v) is 5.09. The maximum atomic E-state index is 14.1. The maximum absolute atomic E-state index is 14.1. The highest BCUT2D eigenvalue weighted by molar-refractivity contribution is 5.79. The van der Waals surface area contributed by atoms with E-state index in [2.05, 4.69) is 25.5 Å². The summed E-state index contributed by atoms with van der Waals surface area (Å²) in [6, 6.07) is 7.15. The molecule has 3 N–H and O–H groups in total. The highest BCUT2D eigenvalue weighted by Gasteiger charge is 2.25. The lowest BCUT2D eigenvalue weighted by atomic mass is 9.86. The molecular formula is C25H31F2N7O3. The highest BCUT2D eigenvalue weighted by Crippen LogP contribution is 2.30. The molecule has 1 aliphatic heterocycles. The Labute approximate surface area is 213 Å². The fourth-order valence-electron chi connectivity index (χ4n) is 5.09. The fraction of sp³-hybridized carbons (Fsp3) is 0.520. The number of benzene rings is 1. The predicted molar refractivity (Wildman–Crippen MR) is 135 cm³/mol. The molecule has 198 valence electrons. The van der Waals surface area contributed by atoms with Gasteiger partial charge >= 0.3 is 6.09 Å². The number of carbonyl (C=O) groups is 1. The van der Waals surface area contributed by atoms with Crippen LogP contribution in [0.3, 0.4) is 0 Å². The molecule has 3 aromatic rings. The van der Waals surface area contributed by atoms with E-state index in [0.717, 1.165) is 31.2 Å². The molecule has 0 radical (unpaired) electrons. The summed E-state index contributed by atoms with van der Waals surface area (Å²) < 4.78 is 35.1. The monoisotopic (exact) mass is 515 g/mol. The third kappa shape index (κ3) is 5.74. The number of morpholine rings is 1. The second-order valence-corrected chi connectivity index (χ2v) is 9.65. The summed E-state index contributed by atoms with van der Waals surface area (Å²) in [5.74, 6) is 1.30. The number of amides is 1. The average molecular weight is 516 g/mol. The van der Waals surface area contributed by atoms with Gasteiger partial charge in [0.2, 0.25) is 5.95 Å². The second-order valence-electron chi connectivity index (χ2n) is 9.65. The number of aromatic nitrogens is 4. The standard InChI is InChI=1S/C25H31F2N7O3/c1-15-2-7-19-18(12-15)30-23(22(26)27)34(19)21-13-20(33-8-10-37-11-9-33)31-24(32-21)28-14-16-3-5-17(6-4-16)29-25(35)36/h2,7,12-13,16-17,22,29H,3-6,8-11,14H2,1H3,(H,35,36)(H,28,31,32)/t16-,17-. The van der Waals surface area contributed by atoms with Crippen molar-refractivity contribution in [3.05, 3.63) is 35.7 Å². The number of aryl methyl sites for hydroxylation is 1. The van der Waals surface area contributed by atoms with Crippen LogP contribution in [-0.4, -0.2) is 69.6 Å². The van der Waals surface area contributed by atoms with Crippen molar-refractivity contribution in [1.82, 2.24) is 24.8 Å². The SMILES string of the molecule is Cc1ccc2c(c1)nc(C(F)F)n2-c1cc(N2CCOCC2)nc(NC[C@H]2CC[C@H](NC(=O)O)CC2)n1. The number of carboxylic acid groups (broad SMARTS) is 1. The molecule has 2 aromatic heterocycles. The van der Waals surface area contributed by atoms with Crippen LogP contribution in [0.4, 0.5) is 25.3 Å². The minimum Gasteiger partial charge on any atom is -0.465 e. The van der Waals surface area contributed by atoms with E-state index in [0.29, 0.717) is 67.4 Å². The topological polar surface area (TPSA) is 117 Å². The van der Waals surface area contributed by atoms with Crippen molar-refractivity contribution in [2.45, 2.75) is 45.1 Å². The number of anilines is 2. The first kappa shape index (κ1) is 25.1. The van der Waals surface area contributed by atoms with E-state index in [-0.39, 0.29) is 11.9 Å². The molecule has 3 heterocycles. The number of ether oxygens (including phenoxy) is 1. The summed E-state index contributed by atoms with van der Waals surface area (Å²) in [5.41, 5.74) is 1.98. The van der Waals surface area contributed by atoms with Crippen LogP contribution in [0.25, 0.3) is 16.9 Å². The number of halogens is 2. The third-order valence-electron chi connectivity index (χ3n) is 7.02. The van der Waals surface area contributed by atoms with Gasteiger partial charge in [0.1, 0.15) is 11.6 Å². The number of imidazole rings is 1. The zero-order chi connectivity index (χ0) is 25.9. The third-order valence-corrected chi connectivity index (χ3v) is 7.02. The van der Waals surface area contributed by atoms with Crippen LogP contribution < -0.4 is 15.5 Å². The molecule has 1 saturated heterocycles. The van der Waals surface area contributed by atoms with Crippen molar-refractivity contribution in [2.24, 2.45) is 5.92 Å². The van der Waals surface area contributed by atoms with Crippen LogP contribution in [0.15, 0.2) is 24.3 Å². The van der Waals surface area contributed by atoms with Crippen molar-refractivity contribution in [1.29, 1.82) is 0 Å². The first-order valence-electron chi connectivity index (χ1n) is 12.6. The van der Waals surface area contributed by atoms with E-state index in [1.165, 1.54) is 4.57 Å². The number of fused-ring (bicyclic) bond motifs is 1. The van der Waals surface area contributed by atoms with E-state index >= 15 is 0 Å². The number of hydrogen-bond acceptors (Lipinski definition) is 7. The zero-order valence-corrected chi connectivity index (χ0v) is 20.7. The van der Waals surface area contributed by atoms with E-state index in [4.69, 9.17) is 14.8 Å². The van der Waals surface area contributed by atoms with Crippen molar-refractivity contribution >= 4 is 28.9 Å². The van der Waals surface area contributed by atoms with Crippen molar-refractivity contribution in [3.8, 4) is 5.82 Å². The van der Waals surface area contributed by atoms with Crippen molar-refractivity contribution < 1.29 is 23.4 Å². The van der Waals surface area contributed by atoms with Gasteiger partial charge in [-0.05, 0) is 56.2 Å². The molecule has 5 rings (SSSR count). The van der Waals surface area contributed by atoms with Gasteiger partial charge in [-0.1, -0.05) is 6.07 Å². The van der Waals surface area contributed by atoms with Crippen molar-refractivity contribution in [3.63, 3.8) is 0 Å². The predicted octanol–water partition coefficient (Wildman–Crippen LogP) is 4.14. The number of nitrogens with zero attached hydrogens (tertiary/aromatic N) is 5. The molecule has 1 saturated carbocycles. The first-order chi connectivity index (χ1) is 17.9. The minimum atomic E-state index is -2.78. The Kier molecular flexibility index (Phi) is 7.36. The summed E-state index contributed by atoms with van der Waals surface area (Å²) in [4.78, 5) is 26.5. The normalized spacial score (nSPS) is 20.4. The Morgan fingerprint density at radius 2 is 1.84 bits per heavy atom. The number of rotatable bonds is 7. The smallest absolute Gasteiger partial charge is 0.404 e. The van der Waals surface area contributed by atoms with Gasteiger partial charge in [-0.3, -0.25) is 4.57 Å². The van der Waals surface area contributed by atoms with E-state index in [1.807, 2.05) is 13.0 Å². The lowest BCUT2D eigenvalue weighted by Crippen LogP contribution is -2.38. The quantitative estimate of drug-likeness (QED) is 0.430. The van der Waals surface area contributed by atoms with Crippen molar-refractivity contribution in [2.75, 3.05) is 43.1 Å². The first-order valence-corrected chi connectivity index (χ1v) is 12.6. The van der Waals surface area contributed by atoms with E-state index in [9.17, 15) is 13.6 Å². The summed E-state index contributed by atoms with van der Waals surface area (Å²) >= 11 is 0. The molecule has 2 aliphatic rings. The van der Waals surface area contributed by atoms with Gasteiger partial charge in [-0.25, -0.2) is 18.6 Å². The number of alkyl halides is 2. The Morgan fingerprint density at radius 3 is 2.54 bits per heavy atom. The van der Waals surface area contributed by atoms with Gasteiger partial charge in [-0.15, -0.1) is 0 Å². The Hall–Kier alpha value is -3.54. The molecule has 1 aromatic carbocycles. The van der Waals surface area contributed by atoms with Crippen LogP contribution in [0.1, 0.15) is 43.5 Å². The molecule has 1 amide bonds. The zero-order valence-electron chi connectivity index (χ0n) is 20.7. The largest absolute Gasteiger partial charge is 0.465 e. The Bertz CT molecular complexity index is 1250. The van der Waals surface area contributed by atoms with Gasteiger partial charge in [0.15, 0.2) is 5.82 Å². The summed E-state index contributed by atoms with van der Waals surface area (Å²) in [5, 5.41) is 14.8. The lowest BCUT2D eigenvalue weighted by molar-refractivity contribution is 0.122. The lowest BCUT2D eigenvalue weighted by Gasteiger charge is -2.29.